The number of hydrogen-bond acceptors (Lipinski definition) is 3. The molecule has 3 rings (SSSR count). The summed E-state index contributed by atoms with van der Waals surface area (Å²) in [6.07, 6.45) is 1.13. The van der Waals surface area contributed by atoms with E-state index in [0.29, 0.717) is 0 Å². The van der Waals surface area contributed by atoms with Crippen molar-refractivity contribution in [2.24, 2.45) is 0 Å². The van der Waals surface area contributed by atoms with Gasteiger partial charge in [-0.15, -0.1) is 11.3 Å². The number of halogens is 1. The summed E-state index contributed by atoms with van der Waals surface area (Å²) in [5, 5.41) is 0. The molecule has 0 atom stereocenters. The predicted molar refractivity (Wildman–Crippen MR) is 77.6 cm³/mol. The first-order valence-electron chi connectivity index (χ1n) is 5.60. The van der Waals surface area contributed by atoms with E-state index in [9.17, 15) is 0 Å². The van der Waals surface area contributed by atoms with Gasteiger partial charge in [0.1, 0.15) is 0 Å². The zero-order chi connectivity index (χ0) is 11.8. The van der Waals surface area contributed by atoms with E-state index >= 15 is 0 Å². The molecular weight excluding hydrogens is 296 g/mol. The minimum absolute atomic E-state index is 0.850. The number of benzene rings is 1. The van der Waals surface area contributed by atoms with Gasteiger partial charge in [-0.3, -0.25) is 0 Å². The molecule has 88 valence electrons. The summed E-state index contributed by atoms with van der Waals surface area (Å²) < 4.78 is 1.19. The summed E-state index contributed by atoms with van der Waals surface area (Å²) in [7, 11) is 0. The number of thiophene rings is 1. The van der Waals surface area contributed by atoms with Crippen molar-refractivity contribution >= 4 is 38.6 Å². The average Bonchev–Trinajstić information content (AvgIpc) is 2.87. The number of fused-ring (bicyclic) bond motifs is 1. The Bertz CT molecular complexity index is 550. The lowest BCUT2D eigenvalue weighted by Gasteiger charge is -2.18. The van der Waals surface area contributed by atoms with Crippen molar-refractivity contribution in [3.05, 3.63) is 44.6 Å². The lowest BCUT2D eigenvalue weighted by Crippen LogP contribution is -2.18. The highest BCUT2D eigenvalue weighted by molar-refractivity contribution is 9.11. The van der Waals surface area contributed by atoms with E-state index in [1.165, 1.54) is 19.9 Å². The molecule has 0 spiro atoms. The minimum atomic E-state index is 0.850. The monoisotopic (exact) mass is 308 g/mol. The molecule has 1 aliphatic rings. The zero-order valence-corrected chi connectivity index (χ0v) is 11.7. The standard InChI is InChI=1S/C13H13BrN2S/c14-13-4-3-11(17-13)8-16-6-5-9-1-2-10(15)7-12(9)16/h1-4,7H,5-6,8,15H2. The van der Waals surface area contributed by atoms with Gasteiger partial charge in [-0.1, -0.05) is 6.07 Å². The van der Waals surface area contributed by atoms with Crippen LogP contribution in [0.4, 0.5) is 11.4 Å². The van der Waals surface area contributed by atoms with Crippen LogP contribution < -0.4 is 10.6 Å². The molecule has 0 aliphatic carbocycles. The summed E-state index contributed by atoms with van der Waals surface area (Å²) in [4.78, 5) is 3.79. The smallest absolute Gasteiger partial charge is 0.0702 e. The van der Waals surface area contributed by atoms with Crippen LogP contribution in [0.15, 0.2) is 34.1 Å². The second-order valence-corrected chi connectivity index (χ2v) is 6.81. The highest BCUT2D eigenvalue weighted by Crippen LogP contribution is 2.32. The highest BCUT2D eigenvalue weighted by Gasteiger charge is 2.19. The molecule has 1 aliphatic heterocycles. The average molecular weight is 309 g/mol. The van der Waals surface area contributed by atoms with Crippen molar-refractivity contribution in [2.45, 2.75) is 13.0 Å². The van der Waals surface area contributed by atoms with Gasteiger partial charge in [0.25, 0.3) is 0 Å². The zero-order valence-electron chi connectivity index (χ0n) is 9.32. The Morgan fingerprint density at radius 3 is 2.94 bits per heavy atom. The molecule has 1 aromatic heterocycles. The Morgan fingerprint density at radius 2 is 2.18 bits per heavy atom. The van der Waals surface area contributed by atoms with Gasteiger partial charge in [0.2, 0.25) is 0 Å². The first kappa shape index (κ1) is 11.1. The molecule has 0 fully saturated rings. The predicted octanol–water partition coefficient (Wildman–Crippen LogP) is 3.66. The van der Waals surface area contributed by atoms with E-state index < -0.39 is 0 Å². The van der Waals surface area contributed by atoms with E-state index in [1.807, 2.05) is 6.07 Å². The largest absolute Gasteiger partial charge is 0.399 e. The van der Waals surface area contributed by atoms with E-state index in [4.69, 9.17) is 5.73 Å². The molecule has 2 N–H and O–H groups in total. The van der Waals surface area contributed by atoms with Gasteiger partial charge in [0.05, 0.1) is 10.3 Å². The third kappa shape index (κ3) is 2.19. The maximum atomic E-state index is 5.86. The van der Waals surface area contributed by atoms with Crippen LogP contribution in [0, 0.1) is 0 Å². The first-order chi connectivity index (χ1) is 8.22. The van der Waals surface area contributed by atoms with Gasteiger partial charge in [-0.05, 0) is 52.2 Å². The van der Waals surface area contributed by atoms with Crippen LogP contribution in [-0.4, -0.2) is 6.54 Å². The Kier molecular flexibility index (Phi) is 2.84. The topological polar surface area (TPSA) is 29.3 Å². The Morgan fingerprint density at radius 1 is 1.29 bits per heavy atom. The quantitative estimate of drug-likeness (QED) is 0.858. The third-order valence-electron chi connectivity index (χ3n) is 3.08. The van der Waals surface area contributed by atoms with Gasteiger partial charge in [0, 0.05) is 22.8 Å². The third-order valence-corrected chi connectivity index (χ3v) is 4.69. The van der Waals surface area contributed by atoms with Crippen molar-refractivity contribution in [3.63, 3.8) is 0 Å². The van der Waals surface area contributed by atoms with Crippen LogP contribution in [0.3, 0.4) is 0 Å². The molecule has 0 radical (unpaired) electrons. The summed E-state index contributed by atoms with van der Waals surface area (Å²) in [5.41, 5.74) is 9.42. The Labute approximate surface area is 113 Å². The molecule has 0 saturated carbocycles. The second-order valence-electron chi connectivity index (χ2n) is 4.27. The number of rotatable bonds is 2. The van der Waals surface area contributed by atoms with Gasteiger partial charge in [0.15, 0.2) is 0 Å². The molecule has 4 heteroatoms. The van der Waals surface area contributed by atoms with Gasteiger partial charge in [-0.2, -0.15) is 0 Å². The van der Waals surface area contributed by atoms with E-state index in [0.717, 1.165) is 25.2 Å². The van der Waals surface area contributed by atoms with E-state index in [2.05, 4.69) is 45.1 Å². The van der Waals surface area contributed by atoms with Crippen molar-refractivity contribution < 1.29 is 0 Å². The van der Waals surface area contributed by atoms with Crippen LogP contribution in [0.2, 0.25) is 0 Å². The Hall–Kier alpha value is -1.000. The normalized spacial score (nSPS) is 14.1. The number of nitrogens with two attached hydrogens (primary N) is 1. The fourth-order valence-electron chi connectivity index (χ4n) is 2.25. The fourth-order valence-corrected chi connectivity index (χ4v) is 3.75. The maximum absolute atomic E-state index is 5.86. The van der Waals surface area contributed by atoms with Crippen molar-refractivity contribution in [1.29, 1.82) is 0 Å². The van der Waals surface area contributed by atoms with E-state index in [1.54, 1.807) is 11.3 Å². The highest BCUT2D eigenvalue weighted by atomic mass is 79.9. The molecule has 17 heavy (non-hydrogen) atoms. The van der Waals surface area contributed by atoms with Crippen LogP contribution in [-0.2, 0) is 13.0 Å². The van der Waals surface area contributed by atoms with Crippen molar-refractivity contribution in [2.75, 3.05) is 17.2 Å². The van der Waals surface area contributed by atoms with Crippen LogP contribution in [0.5, 0.6) is 0 Å². The van der Waals surface area contributed by atoms with E-state index in [-0.39, 0.29) is 0 Å². The first-order valence-corrected chi connectivity index (χ1v) is 7.21. The molecule has 0 unspecified atom stereocenters. The number of hydrogen-bond donors (Lipinski definition) is 1. The number of nitrogen functional groups attached to an aromatic ring is 1. The van der Waals surface area contributed by atoms with Gasteiger partial charge < -0.3 is 10.6 Å². The summed E-state index contributed by atoms with van der Waals surface area (Å²) >= 11 is 5.30. The SMILES string of the molecule is Nc1ccc2c(c1)N(Cc1ccc(Br)s1)CC2. The maximum Gasteiger partial charge on any atom is 0.0702 e. The lowest BCUT2D eigenvalue weighted by molar-refractivity contribution is 0.846. The molecule has 1 aromatic carbocycles. The lowest BCUT2D eigenvalue weighted by atomic mass is 10.1. The molecule has 2 aromatic rings. The minimum Gasteiger partial charge on any atom is -0.399 e. The van der Waals surface area contributed by atoms with Crippen molar-refractivity contribution in [1.82, 2.24) is 0 Å². The molecule has 0 bridgehead atoms. The molecule has 2 heterocycles. The fraction of sp³-hybridized carbons (Fsp3) is 0.231. The molecule has 0 saturated heterocycles. The number of nitrogens with zero attached hydrogens (tertiary/aromatic N) is 1. The summed E-state index contributed by atoms with van der Waals surface area (Å²) in [6, 6.07) is 10.5. The van der Waals surface area contributed by atoms with Gasteiger partial charge >= 0.3 is 0 Å². The molecule has 0 amide bonds. The molecular formula is C13H13BrN2S. The second kappa shape index (κ2) is 4.35. The molecule has 2 nitrogen and oxygen atoms in total. The Balaban J connectivity index is 1.86. The van der Waals surface area contributed by atoms with Crippen molar-refractivity contribution in [3.8, 4) is 0 Å². The van der Waals surface area contributed by atoms with Gasteiger partial charge in [-0.25, -0.2) is 0 Å². The van der Waals surface area contributed by atoms with Crippen LogP contribution in [0.1, 0.15) is 10.4 Å². The van der Waals surface area contributed by atoms with Crippen LogP contribution in [0.25, 0.3) is 0 Å². The van der Waals surface area contributed by atoms with Crippen LogP contribution >= 0.6 is 27.3 Å². The summed E-state index contributed by atoms with van der Waals surface area (Å²) in [6.45, 7) is 2.07. The number of anilines is 2. The summed E-state index contributed by atoms with van der Waals surface area (Å²) in [5.74, 6) is 0.